The van der Waals surface area contributed by atoms with Gasteiger partial charge in [-0.1, -0.05) is 48.0 Å². The van der Waals surface area contributed by atoms with Crippen molar-refractivity contribution in [2.24, 2.45) is 0 Å². The van der Waals surface area contributed by atoms with Crippen molar-refractivity contribution in [3.05, 3.63) is 76.3 Å². The van der Waals surface area contributed by atoms with Gasteiger partial charge in [-0.2, -0.15) is 5.26 Å². The highest BCUT2D eigenvalue weighted by Crippen LogP contribution is 2.35. The summed E-state index contributed by atoms with van der Waals surface area (Å²) in [5, 5.41) is 12.5. The molecule has 0 aliphatic carbocycles. The molecule has 0 radical (unpaired) electrons. The van der Waals surface area contributed by atoms with Gasteiger partial charge in [0.2, 0.25) is 0 Å². The van der Waals surface area contributed by atoms with Gasteiger partial charge in [0.15, 0.2) is 0 Å². The second-order valence-electron chi connectivity index (χ2n) is 5.30. The fourth-order valence-corrected chi connectivity index (χ4v) is 2.93. The summed E-state index contributed by atoms with van der Waals surface area (Å²) in [6, 6.07) is 19.4. The average molecular weight is 321 g/mol. The second-order valence-corrected chi connectivity index (χ2v) is 5.73. The molecular formula is C18H15N3OS. The van der Waals surface area contributed by atoms with E-state index in [2.05, 4.69) is 17.9 Å². The molecule has 1 heterocycles. The minimum absolute atomic E-state index is 0.0144. The molecular weight excluding hydrogens is 306 g/mol. The molecule has 2 aromatic carbocycles. The summed E-state index contributed by atoms with van der Waals surface area (Å²) in [5.74, 6) is -0.407. The highest BCUT2D eigenvalue weighted by atomic mass is 32.1. The Morgan fingerprint density at radius 2 is 1.78 bits per heavy atom. The zero-order valence-electron chi connectivity index (χ0n) is 12.5. The maximum Gasteiger partial charge on any atom is 0.266 e. The van der Waals surface area contributed by atoms with Crippen LogP contribution in [0, 0.1) is 18.3 Å². The van der Waals surface area contributed by atoms with E-state index in [-0.39, 0.29) is 5.57 Å². The van der Waals surface area contributed by atoms with Crippen LogP contribution in [0.5, 0.6) is 0 Å². The molecule has 0 bridgehead atoms. The number of benzene rings is 2. The van der Waals surface area contributed by atoms with Gasteiger partial charge in [-0.05, 0) is 24.6 Å². The van der Waals surface area contributed by atoms with E-state index in [1.54, 1.807) is 0 Å². The van der Waals surface area contributed by atoms with Crippen molar-refractivity contribution < 1.29 is 4.79 Å². The Kier molecular flexibility index (Phi) is 4.09. The Hall–Kier alpha value is -2.71. The molecule has 1 aliphatic heterocycles. The maximum atomic E-state index is 12.2. The summed E-state index contributed by atoms with van der Waals surface area (Å²) in [5.41, 5.74) is 2.94. The first-order chi connectivity index (χ1) is 11.1. The van der Waals surface area contributed by atoms with E-state index < -0.39 is 12.1 Å². The summed E-state index contributed by atoms with van der Waals surface area (Å²) in [6.07, 6.45) is -0.407. The number of nitrogens with zero attached hydrogens (tertiary/aromatic N) is 2. The number of aryl methyl sites for hydroxylation is 1. The van der Waals surface area contributed by atoms with Crippen LogP contribution in [-0.4, -0.2) is 5.91 Å². The highest BCUT2D eigenvalue weighted by Gasteiger charge is 2.33. The summed E-state index contributed by atoms with van der Waals surface area (Å²) < 4.78 is 0. The van der Waals surface area contributed by atoms with Crippen molar-refractivity contribution in [3.8, 4) is 6.07 Å². The molecule has 0 saturated heterocycles. The van der Waals surface area contributed by atoms with Gasteiger partial charge in [0, 0.05) is 5.69 Å². The Bertz CT molecular complexity index is 806. The number of hydrogen-bond acceptors (Lipinski definition) is 4. The lowest BCUT2D eigenvalue weighted by Crippen LogP contribution is -2.46. The number of thiol groups is 1. The molecule has 0 unspecified atom stereocenters. The highest BCUT2D eigenvalue weighted by molar-refractivity contribution is 7.84. The Balaban J connectivity index is 2.14. The van der Waals surface area contributed by atoms with Crippen LogP contribution >= 0.6 is 12.6 Å². The quantitative estimate of drug-likeness (QED) is 0.835. The van der Waals surface area contributed by atoms with E-state index in [1.807, 2.05) is 72.5 Å². The first-order valence-electron chi connectivity index (χ1n) is 7.17. The van der Waals surface area contributed by atoms with Gasteiger partial charge in [0.1, 0.15) is 17.8 Å². The molecule has 0 spiro atoms. The zero-order chi connectivity index (χ0) is 16.4. The Morgan fingerprint density at radius 1 is 1.13 bits per heavy atom. The third-order valence-corrected chi connectivity index (χ3v) is 4.18. The largest absolute Gasteiger partial charge is 0.327 e. The van der Waals surface area contributed by atoms with E-state index in [1.165, 1.54) is 0 Å². The van der Waals surface area contributed by atoms with Crippen LogP contribution in [-0.2, 0) is 4.79 Å². The lowest BCUT2D eigenvalue weighted by Gasteiger charge is -2.38. The Morgan fingerprint density at radius 3 is 2.39 bits per heavy atom. The summed E-state index contributed by atoms with van der Waals surface area (Å²) >= 11 is 4.45. The van der Waals surface area contributed by atoms with Gasteiger partial charge >= 0.3 is 0 Å². The summed E-state index contributed by atoms with van der Waals surface area (Å²) in [4.78, 5) is 14.1. The fraction of sp³-hybridized carbons (Fsp3) is 0.111. The Labute approximate surface area is 140 Å². The van der Waals surface area contributed by atoms with E-state index in [9.17, 15) is 10.1 Å². The third kappa shape index (κ3) is 2.81. The smallest absolute Gasteiger partial charge is 0.266 e. The van der Waals surface area contributed by atoms with Gasteiger partial charge in [0.25, 0.3) is 5.91 Å². The lowest BCUT2D eigenvalue weighted by atomic mass is 10.1. The SMILES string of the molecule is Cc1ccc([C@H]2NC(=O)C(C#N)=C(S)N2c2ccccc2)cc1. The fourth-order valence-electron chi connectivity index (χ4n) is 2.55. The number of anilines is 1. The van der Waals surface area contributed by atoms with E-state index in [0.717, 1.165) is 16.8 Å². The van der Waals surface area contributed by atoms with Crippen LogP contribution < -0.4 is 10.2 Å². The monoisotopic (exact) mass is 321 g/mol. The molecule has 0 aromatic heterocycles. The number of amides is 1. The van der Waals surface area contributed by atoms with Crippen LogP contribution in [0.25, 0.3) is 0 Å². The van der Waals surface area contributed by atoms with Crippen LogP contribution in [0.4, 0.5) is 5.69 Å². The number of nitriles is 1. The zero-order valence-corrected chi connectivity index (χ0v) is 13.4. The lowest BCUT2D eigenvalue weighted by molar-refractivity contribution is -0.118. The van der Waals surface area contributed by atoms with E-state index >= 15 is 0 Å². The van der Waals surface area contributed by atoms with Crippen molar-refractivity contribution in [3.63, 3.8) is 0 Å². The van der Waals surface area contributed by atoms with Crippen LogP contribution in [0.15, 0.2) is 65.2 Å². The van der Waals surface area contributed by atoms with Crippen molar-refractivity contribution in [2.45, 2.75) is 13.1 Å². The average Bonchev–Trinajstić information content (AvgIpc) is 2.56. The number of hydrogen-bond donors (Lipinski definition) is 2. The molecule has 1 amide bonds. The van der Waals surface area contributed by atoms with Gasteiger partial charge in [-0.25, -0.2) is 0 Å². The molecule has 23 heavy (non-hydrogen) atoms. The minimum Gasteiger partial charge on any atom is -0.327 e. The normalized spacial score (nSPS) is 17.7. The van der Waals surface area contributed by atoms with Crippen molar-refractivity contribution in [2.75, 3.05) is 4.90 Å². The van der Waals surface area contributed by atoms with Crippen molar-refractivity contribution >= 4 is 24.2 Å². The predicted molar refractivity (Wildman–Crippen MR) is 92.6 cm³/mol. The molecule has 1 aliphatic rings. The van der Waals surface area contributed by atoms with Gasteiger partial charge in [-0.15, -0.1) is 12.6 Å². The second kappa shape index (κ2) is 6.19. The van der Waals surface area contributed by atoms with E-state index in [0.29, 0.717) is 5.03 Å². The molecule has 3 rings (SSSR count). The standard InChI is InChI=1S/C18H15N3OS/c1-12-7-9-13(10-8-12)16-20-17(22)15(11-19)18(23)21(16)14-5-3-2-4-6-14/h2-10,16,23H,1H3,(H,20,22)/t16-/m0/s1. The molecule has 5 heteroatoms. The summed E-state index contributed by atoms with van der Waals surface area (Å²) in [7, 11) is 0. The number of nitrogens with one attached hydrogen (secondary N) is 1. The molecule has 1 N–H and O–H groups in total. The first-order valence-corrected chi connectivity index (χ1v) is 7.61. The number of rotatable bonds is 2. The topological polar surface area (TPSA) is 56.1 Å². The van der Waals surface area contributed by atoms with Crippen molar-refractivity contribution in [1.82, 2.24) is 5.32 Å². The molecule has 114 valence electrons. The number of para-hydroxylation sites is 1. The first kappa shape index (κ1) is 15.2. The molecule has 0 saturated carbocycles. The third-order valence-electron chi connectivity index (χ3n) is 3.74. The molecule has 1 atom stereocenters. The van der Waals surface area contributed by atoms with Gasteiger partial charge < -0.3 is 10.2 Å². The van der Waals surface area contributed by atoms with Crippen LogP contribution in [0.1, 0.15) is 17.3 Å². The van der Waals surface area contributed by atoms with Gasteiger partial charge in [0.05, 0.1) is 5.03 Å². The summed E-state index contributed by atoms with van der Waals surface area (Å²) in [6.45, 7) is 2.01. The predicted octanol–water partition coefficient (Wildman–Crippen LogP) is 3.30. The number of carbonyl (C=O) groups excluding carboxylic acids is 1. The van der Waals surface area contributed by atoms with E-state index in [4.69, 9.17) is 0 Å². The van der Waals surface area contributed by atoms with Crippen molar-refractivity contribution in [1.29, 1.82) is 5.26 Å². The minimum atomic E-state index is -0.407. The molecule has 4 nitrogen and oxygen atoms in total. The van der Waals surface area contributed by atoms with Gasteiger partial charge in [-0.3, -0.25) is 4.79 Å². The van der Waals surface area contributed by atoms with Crippen LogP contribution in [0.2, 0.25) is 0 Å². The molecule has 2 aromatic rings. The molecule has 0 fully saturated rings. The number of carbonyl (C=O) groups is 1. The van der Waals surface area contributed by atoms with Crippen LogP contribution in [0.3, 0.4) is 0 Å². The maximum absolute atomic E-state index is 12.2.